The van der Waals surface area contributed by atoms with Crippen molar-refractivity contribution in [3.05, 3.63) is 22.8 Å². The second kappa shape index (κ2) is 3.61. The molecule has 2 rings (SSSR count). The van der Waals surface area contributed by atoms with E-state index in [1.165, 1.54) is 12.8 Å². The molecule has 1 N–H and O–H groups in total. The Morgan fingerprint density at radius 1 is 1.33 bits per heavy atom. The van der Waals surface area contributed by atoms with Gasteiger partial charge >= 0.3 is 5.97 Å². The Kier molecular flexibility index (Phi) is 2.42. The van der Waals surface area contributed by atoms with Gasteiger partial charge in [0.1, 0.15) is 11.4 Å². The topological polar surface area (TPSA) is 63.1 Å². The van der Waals surface area contributed by atoms with Gasteiger partial charge < -0.3 is 5.11 Å². The lowest BCUT2D eigenvalue weighted by molar-refractivity contribution is 0.0694. The van der Waals surface area contributed by atoms with Crippen LogP contribution in [0.5, 0.6) is 0 Å². The van der Waals surface area contributed by atoms with E-state index >= 15 is 0 Å². The van der Waals surface area contributed by atoms with E-state index in [9.17, 15) is 4.79 Å². The number of carbonyl (C=O) groups is 1. The maximum atomic E-state index is 10.9. The molecule has 0 unspecified atom stereocenters. The van der Waals surface area contributed by atoms with Crippen molar-refractivity contribution in [2.45, 2.75) is 33.1 Å². The summed E-state index contributed by atoms with van der Waals surface area (Å²) >= 11 is 0. The fourth-order valence-electron chi connectivity index (χ4n) is 1.77. The standard InChI is InChI=1S/C11H14N2O2/c1-6-10(11(14)15)7(2)13-9(12-6)5-8-3-4-8/h8H,3-5H2,1-2H3,(H,14,15). The number of aryl methyl sites for hydroxylation is 2. The molecule has 0 radical (unpaired) electrons. The third kappa shape index (κ3) is 2.14. The van der Waals surface area contributed by atoms with Crippen molar-refractivity contribution in [2.75, 3.05) is 0 Å². The first-order chi connectivity index (χ1) is 7.08. The number of rotatable bonds is 3. The lowest BCUT2D eigenvalue weighted by Crippen LogP contribution is -2.10. The minimum Gasteiger partial charge on any atom is -0.478 e. The molecule has 4 nitrogen and oxygen atoms in total. The summed E-state index contributed by atoms with van der Waals surface area (Å²) in [4.78, 5) is 19.4. The summed E-state index contributed by atoms with van der Waals surface area (Å²) in [6, 6.07) is 0. The normalized spacial score (nSPS) is 15.3. The van der Waals surface area contributed by atoms with E-state index in [4.69, 9.17) is 5.11 Å². The van der Waals surface area contributed by atoms with Crippen LogP contribution in [-0.2, 0) is 6.42 Å². The summed E-state index contributed by atoms with van der Waals surface area (Å²) in [7, 11) is 0. The molecule has 0 aromatic carbocycles. The van der Waals surface area contributed by atoms with Crippen LogP contribution >= 0.6 is 0 Å². The number of carboxylic acid groups (broad SMARTS) is 1. The van der Waals surface area contributed by atoms with Crippen LogP contribution < -0.4 is 0 Å². The summed E-state index contributed by atoms with van der Waals surface area (Å²) in [6.45, 7) is 3.46. The largest absolute Gasteiger partial charge is 0.478 e. The number of hydrogen-bond donors (Lipinski definition) is 1. The molecule has 80 valence electrons. The molecule has 1 aliphatic carbocycles. The predicted octanol–water partition coefficient (Wildman–Crippen LogP) is 1.74. The average molecular weight is 206 g/mol. The van der Waals surface area contributed by atoms with Gasteiger partial charge in [-0.25, -0.2) is 14.8 Å². The first-order valence-electron chi connectivity index (χ1n) is 5.15. The molecule has 1 heterocycles. The van der Waals surface area contributed by atoms with Crippen LogP contribution in [0.3, 0.4) is 0 Å². The van der Waals surface area contributed by atoms with E-state index < -0.39 is 5.97 Å². The number of carboxylic acids is 1. The van der Waals surface area contributed by atoms with Gasteiger partial charge in [-0.05, 0) is 32.6 Å². The molecule has 0 bridgehead atoms. The summed E-state index contributed by atoms with van der Waals surface area (Å²) in [5, 5.41) is 8.95. The van der Waals surface area contributed by atoms with Crippen LogP contribution in [-0.4, -0.2) is 21.0 Å². The van der Waals surface area contributed by atoms with Crippen LogP contribution in [0.25, 0.3) is 0 Å². The summed E-state index contributed by atoms with van der Waals surface area (Å²) in [5.74, 6) is 0.569. The Hall–Kier alpha value is -1.45. The van der Waals surface area contributed by atoms with Crippen molar-refractivity contribution in [3.63, 3.8) is 0 Å². The van der Waals surface area contributed by atoms with Gasteiger partial charge in [-0.3, -0.25) is 0 Å². The minimum atomic E-state index is -0.942. The monoisotopic (exact) mass is 206 g/mol. The Balaban J connectivity index is 2.32. The first kappa shape index (κ1) is 10.1. The predicted molar refractivity (Wildman–Crippen MR) is 54.9 cm³/mol. The second-order valence-corrected chi connectivity index (χ2v) is 4.14. The molecular weight excluding hydrogens is 192 g/mol. The van der Waals surface area contributed by atoms with Gasteiger partial charge in [0, 0.05) is 6.42 Å². The van der Waals surface area contributed by atoms with Gasteiger partial charge in [0.2, 0.25) is 0 Å². The lowest BCUT2D eigenvalue weighted by Gasteiger charge is -2.06. The first-order valence-corrected chi connectivity index (χ1v) is 5.15. The Bertz CT molecular complexity index is 388. The molecule has 1 aromatic rings. The quantitative estimate of drug-likeness (QED) is 0.818. The molecule has 0 spiro atoms. The zero-order valence-electron chi connectivity index (χ0n) is 8.95. The van der Waals surface area contributed by atoms with Crippen molar-refractivity contribution in [3.8, 4) is 0 Å². The van der Waals surface area contributed by atoms with Gasteiger partial charge in [0.25, 0.3) is 0 Å². The third-order valence-corrected chi connectivity index (χ3v) is 2.70. The zero-order chi connectivity index (χ0) is 11.0. The SMILES string of the molecule is Cc1nc(CC2CC2)nc(C)c1C(=O)O. The van der Waals surface area contributed by atoms with E-state index in [0.29, 0.717) is 11.4 Å². The average Bonchev–Trinajstić information content (AvgIpc) is 2.85. The fourth-order valence-corrected chi connectivity index (χ4v) is 1.77. The van der Waals surface area contributed by atoms with E-state index in [0.717, 1.165) is 18.2 Å². The summed E-state index contributed by atoms with van der Waals surface area (Å²) in [6.07, 6.45) is 3.39. The van der Waals surface area contributed by atoms with Crippen molar-refractivity contribution in [1.29, 1.82) is 0 Å². The fraction of sp³-hybridized carbons (Fsp3) is 0.545. The van der Waals surface area contributed by atoms with Crippen LogP contribution in [0.2, 0.25) is 0 Å². The molecule has 1 saturated carbocycles. The van der Waals surface area contributed by atoms with E-state index in [2.05, 4.69) is 9.97 Å². The highest BCUT2D eigenvalue weighted by Gasteiger charge is 2.24. The molecule has 15 heavy (non-hydrogen) atoms. The highest BCUT2D eigenvalue weighted by Crippen LogP contribution is 2.31. The molecule has 4 heteroatoms. The molecule has 1 aliphatic rings. The number of nitrogens with zero attached hydrogens (tertiary/aromatic N) is 2. The maximum Gasteiger partial charge on any atom is 0.339 e. The van der Waals surface area contributed by atoms with Crippen molar-refractivity contribution >= 4 is 5.97 Å². The molecule has 0 atom stereocenters. The van der Waals surface area contributed by atoms with Gasteiger partial charge in [-0.1, -0.05) is 0 Å². The van der Waals surface area contributed by atoms with Gasteiger partial charge in [0.15, 0.2) is 0 Å². The van der Waals surface area contributed by atoms with Crippen LogP contribution in [0.1, 0.15) is 40.4 Å². The van der Waals surface area contributed by atoms with Gasteiger partial charge in [-0.15, -0.1) is 0 Å². The van der Waals surface area contributed by atoms with E-state index in [1.807, 2.05) is 0 Å². The van der Waals surface area contributed by atoms with E-state index in [-0.39, 0.29) is 5.56 Å². The lowest BCUT2D eigenvalue weighted by atomic mass is 10.1. The Morgan fingerprint density at radius 2 is 1.87 bits per heavy atom. The molecule has 1 aromatic heterocycles. The summed E-state index contributed by atoms with van der Waals surface area (Å²) < 4.78 is 0. The van der Waals surface area contributed by atoms with Gasteiger partial charge in [0.05, 0.1) is 11.4 Å². The van der Waals surface area contributed by atoms with Crippen molar-refractivity contribution in [1.82, 2.24) is 9.97 Å². The molecular formula is C11H14N2O2. The second-order valence-electron chi connectivity index (χ2n) is 4.14. The highest BCUT2D eigenvalue weighted by atomic mass is 16.4. The van der Waals surface area contributed by atoms with Crippen molar-refractivity contribution < 1.29 is 9.90 Å². The number of aromatic carboxylic acids is 1. The van der Waals surface area contributed by atoms with Crippen LogP contribution in [0.4, 0.5) is 0 Å². The smallest absolute Gasteiger partial charge is 0.339 e. The van der Waals surface area contributed by atoms with Crippen LogP contribution in [0, 0.1) is 19.8 Å². The number of aromatic nitrogens is 2. The zero-order valence-corrected chi connectivity index (χ0v) is 8.95. The molecule has 0 amide bonds. The Labute approximate surface area is 88.4 Å². The molecule has 0 saturated heterocycles. The van der Waals surface area contributed by atoms with Gasteiger partial charge in [-0.2, -0.15) is 0 Å². The highest BCUT2D eigenvalue weighted by molar-refractivity contribution is 5.89. The minimum absolute atomic E-state index is 0.245. The Morgan fingerprint density at radius 3 is 2.27 bits per heavy atom. The van der Waals surface area contributed by atoms with Crippen molar-refractivity contribution in [2.24, 2.45) is 5.92 Å². The number of hydrogen-bond acceptors (Lipinski definition) is 3. The molecule has 1 fully saturated rings. The maximum absolute atomic E-state index is 10.9. The summed E-state index contributed by atoms with van der Waals surface area (Å²) in [5.41, 5.74) is 1.39. The third-order valence-electron chi connectivity index (χ3n) is 2.70. The van der Waals surface area contributed by atoms with E-state index in [1.54, 1.807) is 13.8 Å². The molecule has 0 aliphatic heterocycles. The van der Waals surface area contributed by atoms with Crippen LogP contribution in [0.15, 0.2) is 0 Å².